The first-order valence-electron chi connectivity index (χ1n) is 10.7. The Labute approximate surface area is 185 Å². The van der Waals surface area contributed by atoms with Gasteiger partial charge in [-0.2, -0.15) is 0 Å². The molecular formula is C22H29N7O3. The van der Waals surface area contributed by atoms with Crippen molar-refractivity contribution in [3.63, 3.8) is 0 Å². The monoisotopic (exact) mass is 439 g/mol. The lowest BCUT2D eigenvalue weighted by atomic mass is 10.2. The maximum atomic E-state index is 13.4. The summed E-state index contributed by atoms with van der Waals surface area (Å²) in [5.74, 6) is -0.498. The van der Waals surface area contributed by atoms with Crippen molar-refractivity contribution < 1.29 is 4.79 Å². The predicted octanol–water partition coefficient (Wildman–Crippen LogP) is 1.86. The van der Waals surface area contributed by atoms with E-state index in [4.69, 9.17) is 5.73 Å². The number of nitrogens with two attached hydrogens (primary N) is 1. The molecule has 10 nitrogen and oxygen atoms in total. The average molecular weight is 440 g/mol. The number of H-pyrrole nitrogens is 1. The Morgan fingerprint density at radius 3 is 2.59 bits per heavy atom. The minimum atomic E-state index is -0.703. The standard InChI is InChI=1S/C22H29N7O3/c1-4-5-11-28-19(23)18(20(30)24-22(28)32)29(12-15(2)3)21(31)17-14-27(26-25-17)13-16-9-7-6-8-10-16/h6-10,14-15H,4-5,11-13,23H2,1-3H3,(H,24,30,32). The van der Waals surface area contributed by atoms with Crippen molar-refractivity contribution in [1.82, 2.24) is 24.5 Å². The molecule has 0 saturated heterocycles. The highest BCUT2D eigenvalue weighted by Gasteiger charge is 2.27. The number of aromatic amines is 1. The molecule has 0 unspecified atom stereocenters. The summed E-state index contributed by atoms with van der Waals surface area (Å²) in [7, 11) is 0. The molecule has 3 rings (SSSR count). The summed E-state index contributed by atoms with van der Waals surface area (Å²) in [5.41, 5.74) is 6.00. The second-order valence-electron chi connectivity index (χ2n) is 8.09. The van der Waals surface area contributed by atoms with Crippen LogP contribution >= 0.6 is 0 Å². The number of nitrogens with one attached hydrogen (secondary N) is 1. The number of hydrogen-bond donors (Lipinski definition) is 2. The van der Waals surface area contributed by atoms with Gasteiger partial charge in [0.2, 0.25) is 0 Å². The minimum Gasteiger partial charge on any atom is -0.383 e. The fraction of sp³-hybridized carbons (Fsp3) is 0.409. The first kappa shape index (κ1) is 23.0. The second kappa shape index (κ2) is 10.1. The van der Waals surface area contributed by atoms with Gasteiger partial charge >= 0.3 is 5.69 Å². The molecule has 0 saturated carbocycles. The van der Waals surface area contributed by atoms with Crippen LogP contribution in [0.4, 0.5) is 11.5 Å². The zero-order chi connectivity index (χ0) is 23.3. The fourth-order valence-corrected chi connectivity index (χ4v) is 3.40. The predicted molar refractivity (Wildman–Crippen MR) is 123 cm³/mol. The van der Waals surface area contributed by atoms with E-state index in [1.807, 2.05) is 51.1 Å². The molecule has 3 aromatic rings. The van der Waals surface area contributed by atoms with Crippen molar-refractivity contribution in [2.75, 3.05) is 17.2 Å². The third-order valence-corrected chi connectivity index (χ3v) is 4.96. The van der Waals surface area contributed by atoms with Crippen LogP contribution in [0.25, 0.3) is 0 Å². The molecule has 1 aromatic carbocycles. The third kappa shape index (κ3) is 5.13. The van der Waals surface area contributed by atoms with Crippen LogP contribution in [-0.4, -0.2) is 37.0 Å². The Bertz CT molecular complexity index is 1180. The largest absolute Gasteiger partial charge is 0.383 e. The molecule has 0 spiro atoms. The van der Waals surface area contributed by atoms with Crippen molar-refractivity contribution in [2.45, 2.75) is 46.7 Å². The number of nitrogen functional groups attached to an aromatic ring is 1. The number of hydrogen-bond acceptors (Lipinski definition) is 6. The lowest BCUT2D eigenvalue weighted by molar-refractivity contribution is 0.0978. The highest BCUT2D eigenvalue weighted by Crippen LogP contribution is 2.20. The van der Waals surface area contributed by atoms with Crippen LogP contribution in [0.1, 0.15) is 49.7 Å². The van der Waals surface area contributed by atoms with Crippen LogP contribution in [0.3, 0.4) is 0 Å². The number of anilines is 2. The van der Waals surface area contributed by atoms with Gasteiger partial charge in [-0.3, -0.25) is 24.0 Å². The Morgan fingerprint density at radius 2 is 1.94 bits per heavy atom. The zero-order valence-corrected chi connectivity index (χ0v) is 18.6. The smallest absolute Gasteiger partial charge is 0.330 e. The molecule has 0 aliphatic carbocycles. The summed E-state index contributed by atoms with van der Waals surface area (Å²) in [4.78, 5) is 41.9. The SMILES string of the molecule is CCCCn1c(N)c(N(CC(C)C)C(=O)c2cn(Cc3ccccc3)nn2)c(=O)[nH]c1=O. The number of carbonyl (C=O) groups is 1. The molecule has 3 N–H and O–H groups in total. The van der Waals surface area contributed by atoms with Crippen LogP contribution in [-0.2, 0) is 13.1 Å². The van der Waals surface area contributed by atoms with E-state index in [-0.39, 0.29) is 29.7 Å². The lowest BCUT2D eigenvalue weighted by Gasteiger charge is -2.25. The normalized spacial score (nSPS) is 11.1. The van der Waals surface area contributed by atoms with Gasteiger partial charge in [0.1, 0.15) is 5.82 Å². The molecule has 2 aromatic heterocycles. The first-order valence-corrected chi connectivity index (χ1v) is 10.7. The van der Waals surface area contributed by atoms with E-state index in [2.05, 4.69) is 15.3 Å². The van der Waals surface area contributed by atoms with Gasteiger partial charge in [0.05, 0.1) is 12.7 Å². The Balaban J connectivity index is 1.98. The number of amides is 1. The topological polar surface area (TPSA) is 132 Å². The fourth-order valence-electron chi connectivity index (χ4n) is 3.40. The van der Waals surface area contributed by atoms with E-state index >= 15 is 0 Å². The summed E-state index contributed by atoms with van der Waals surface area (Å²) in [6.45, 7) is 6.86. The molecule has 10 heteroatoms. The number of benzene rings is 1. The third-order valence-electron chi connectivity index (χ3n) is 4.96. The zero-order valence-electron chi connectivity index (χ0n) is 18.6. The summed E-state index contributed by atoms with van der Waals surface area (Å²) in [6, 6.07) is 9.67. The summed E-state index contributed by atoms with van der Waals surface area (Å²) < 4.78 is 2.86. The molecule has 32 heavy (non-hydrogen) atoms. The number of nitrogens with zero attached hydrogens (tertiary/aromatic N) is 5. The van der Waals surface area contributed by atoms with E-state index in [1.54, 1.807) is 10.9 Å². The average Bonchev–Trinajstić information content (AvgIpc) is 3.21. The van der Waals surface area contributed by atoms with E-state index < -0.39 is 17.2 Å². The van der Waals surface area contributed by atoms with Crippen LogP contribution in [0.15, 0.2) is 46.1 Å². The molecule has 0 atom stereocenters. The van der Waals surface area contributed by atoms with Gasteiger partial charge in [0.15, 0.2) is 11.4 Å². The number of rotatable bonds is 9. The van der Waals surface area contributed by atoms with E-state index in [1.165, 1.54) is 9.47 Å². The number of carbonyl (C=O) groups excluding carboxylic acids is 1. The van der Waals surface area contributed by atoms with Gasteiger partial charge in [0, 0.05) is 13.1 Å². The van der Waals surface area contributed by atoms with Crippen molar-refractivity contribution in [3.05, 3.63) is 68.6 Å². The highest BCUT2D eigenvalue weighted by atomic mass is 16.2. The molecule has 170 valence electrons. The molecule has 0 aliphatic rings. The van der Waals surface area contributed by atoms with E-state index in [0.717, 1.165) is 12.0 Å². The van der Waals surface area contributed by atoms with Crippen LogP contribution in [0.5, 0.6) is 0 Å². The van der Waals surface area contributed by atoms with Crippen molar-refractivity contribution in [2.24, 2.45) is 5.92 Å². The second-order valence-corrected chi connectivity index (χ2v) is 8.09. The number of unbranched alkanes of at least 4 members (excludes halogenated alkanes) is 1. The minimum absolute atomic E-state index is 0.0297. The molecule has 0 fully saturated rings. The van der Waals surface area contributed by atoms with Crippen molar-refractivity contribution in [1.29, 1.82) is 0 Å². The Morgan fingerprint density at radius 1 is 1.22 bits per heavy atom. The summed E-state index contributed by atoms with van der Waals surface area (Å²) in [6.07, 6.45) is 3.10. The molecular weight excluding hydrogens is 410 g/mol. The van der Waals surface area contributed by atoms with E-state index in [9.17, 15) is 14.4 Å². The Kier molecular flexibility index (Phi) is 7.24. The lowest BCUT2D eigenvalue weighted by Crippen LogP contribution is -2.42. The van der Waals surface area contributed by atoms with Gasteiger partial charge < -0.3 is 5.73 Å². The van der Waals surface area contributed by atoms with Crippen molar-refractivity contribution >= 4 is 17.4 Å². The molecule has 0 aliphatic heterocycles. The quantitative estimate of drug-likeness (QED) is 0.523. The van der Waals surface area contributed by atoms with Gasteiger partial charge in [0.25, 0.3) is 11.5 Å². The summed E-state index contributed by atoms with van der Waals surface area (Å²) >= 11 is 0. The Hall–Kier alpha value is -3.69. The van der Waals surface area contributed by atoms with Gasteiger partial charge in [-0.15, -0.1) is 5.10 Å². The van der Waals surface area contributed by atoms with Crippen LogP contribution in [0, 0.1) is 5.92 Å². The molecule has 0 bridgehead atoms. The number of aromatic nitrogens is 5. The summed E-state index contributed by atoms with van der Waals surface area (Å²) in [5, 5.41) is 8.07. The van der Waals surface area contributed by atoms with Crippen LogP contribution < -0.4 is 21.9 Å². The van der Waals surface area contributed by atoms with E-state index in [0.29, 0.717) is 19.5 Å². The molecule has 0 radical (unpaired) electrons. The maximum absolute atomic E-state index is 13.4. The van der Waals surface area contributed by atoms with Gasteiger partial charge in [-0.05, 0) is 17.9 Å². The maximum Gasteiger partial charge on any atom is 0.330 e. The van der Waals surface area contributed by atoms with Gasteiger partial charge in [-0.1, -0.05) is 62.7 Å². The van der Waals surface area contributed by atoms with Gasteiger partial charge in [-0.25, -0.2) is 9.48 Å². The molecule has 1 amide bonds. The highest BCUT2D eigenvalue weighted by molar-refractivity contribution is 6.05. The van der Waals surface area contributed by atoms with Crippen molar-refractivity contribution in [3.8, 4) is 0 Å². The molecule has 2 heterocycles. The van der Waals surface area contributed by atoms with Crippen LogP contribution in [0.2, 0.25) is 0 Å². The first-order chi connectivity index (χ1) is 15.3.